The summed E-state index contributed by atoms with van der Waals surface area (Å²) in [5.74, 6) is 0. The Morgan fingerprint density at radius 3 is 2.35 bits per heavy atom. The largest absolute Gasteiger partial charge is 0.301 e. The second-order valence-corrected chi connectivity index (χ2v) is 7.44. The molecule has 20 heavy (non-hydrogen) atoms. The highest BCUT2D eigenvalue weighted by Gasteiger charge is 2.28. The van der Waals surface area contributed by atoms with Crippen LogP contribution in [-0.4, -0.2) is 48.7 Å². The van der Waals surface area contributed by atoms with E-state index in [2.05, 4.69) is 33.7 Å². The van der Waals surface area contributed by atoms with Crippen LogP contribution in [0.25, 0.3) is 0 Å². The van der Waals surface area contributed by atoms with Crippen LogP contribution in [-0.2, 0) is 10.0 Å². The normalized spacial score (nSPS) is 18.9. The van der Waals surface area contributed by atoms with Crippen molar-refractivity contribution in [1.82, 2.24) is 19.8 Å². The van der Waals surface area contributed by atoms with E-state index in [1.165, 1.54) is 0 Å². The number of sulfonamides is 1. The van der Waals surface area contributed by atoms with Crippen molar-refractivity contribution in [1.29, 1.82) is 0 Å². The van der Waals surface area contributed by atoms with Gasteiger partial charge in [-0.2, -0.15) is 5.10 Å². The Hall–Kier alpha value is -0.920. The molecule has 0 unspecified atom stereocenters. The summed E-state index contributed by atoms with van der Waals surface area (Å²) in [5.41, 5.74) is 1.12. The third kappa shape index (κ3) is 3.21. The molecular formula is C13H24N4O2S. The van der Waals surface area contributed by atoms with Crippen molar-refractivity contribution in [2.45, 2.75) is 57.5 Å². The van der Waals surface area contributed by atoms with Crippen molar-refractivity contribution in [3.8, 4) is 0 Å². The fourth-order valence-corrected chi connectivity index (χ4v) is 4.42. The van der Waals surface area contributed by atoms with E-state index >= 15 is 0 Å². The monoisotopic (exact) mass is 300 g/mol. The van der Waals surface area contributed by atoms with Crippen molar-refractivity contribution in [2.24, 2.45) is 0 Å². The quantitative estimate of drug-likeness (QED) is 0.875. The van der Waals surface area contributed by atoms with Gasteiger partial charge in [0, 0.05) is 12.1 Å². The molecule has 1 aromatic rings. The summed E-state index contributed by atoms with van der Waals surface area (Å²) in [5, 5.41) is 6.68. The average Bonchev–Trinajstić information content (AvgIpc) is 2.69. The number of piperidine rings is 1. The van der Waals surface area contributed by atoms with Crippen molar-refractivity contribution in [3.63, 3.8) is 0 Å². The maximum atomic E-state index is 12.4. The van der Waals surface area contributed by atoms with Gasteiger partial charge in [0.15, 0.2) is 0 Å². The number of nitrogens with zero attached hydrogens (tertiary/aromatic N) is 2. The fourth-order valence-electron chi connectivity index (χ4n) is 2.75. The number of aryl methyl sites for hydroxylation is 2. The molecule has 7 heteroatoms. The highest BCUT2D eigenvalue weighted by Crippen LogP contribution is 2.19. The van der Waals surface area contributed by atoms with E-state index in [4.69, 9.17) is 0 Å². The predicted octanol–water partition coefficient (Wildman–Crippen LogP) is 1.18. The maximum absolute atomic E-state index is 12.4. The smallest absolute Gasteiger partial charge is 0.244 e. The summed E-state index contributed by atoms with van der Waals surface area (Å²) in [6, 6.07) is 0.537. The highest BCUT2D eigenvalue weighted by molar-refractivity contribution is 7.89. The Bertz CT molecular complexity index is 537. The predicted molar refractivity (Wildman–Crippen MR) is 78.1 cm³/mol. The van der Waals surface area contributed by atoms with Gasteiger partial charge >= 0.3 is 0 Å². The number of rotatable bonds is 4. The molecule has 0 aromatic carbocycles. The number of aromatic nitrogens is 2. The molecule has 0 bridgehead atoms. The van der Waals surface area contributed by atoms with E-state index < -0.39 is 10.0 Å². The second-order valence-electron chi connectivity index (χ2n) is 5.79. The minimum Gasteiger partial charge on any atom is -0.301 e. The number of likely N-dealkylation sites (tertiary alicyclic amines) is 1. The van der Waals surface area contributed by atoms with Crippen molar-refractivity contribution < 1.29 is 8.42 Å². The van der Waals surface area contributed by atoms with Crippen molar-refractivity contribution >= 4 is 10.0 Å². The fraction of sp³-hybridized carbons (Fsp3) is 0.769. The number of hydrogen-bond acceptors (Lipinski definition) is 4. The Labute approximate surface area is 121 Å². The summed E-state index contributed by atoms with van der Waals surface area (Å²) in [7, 11) is -3.48. The van der Waals surface area contributed by atoms with Gasteiger partial charge in [0.25, 0.3) is 0 Å². The molecule has 0 aliphatic carbocycles. The van der Waals surface area contributed by atoms with Gasteiger partial charge < -0.3 is 4.90 Å². The van der Waals surface area contributed by atoms with Crippen LogP contribution in [0.15, 0.2) is 4.90 Å². The first-order valence-corrected chi connectivity index (χ1v) is 8.57. The number of nitrogens with one attached hydrogen (secondary N) is 2. The molecule has 0 saturated carbocycles. The summed E-state index contributed by atoms with van der Waals surface area (Å²) >= 11 is 0. The molecule has 0 atom stereocenters. The SMILES string of the molecule is Cc1n[nH]c(C)c1S(=O)(=O)NC1CCN(C(C)C)CC1. The van der Waals surface area contributed by atoms with Gasteiger partial charge in [0.1, 0.15) is 4.90 Å². The van der Waals surface area contributed by atoms with Crippen LogP contribution in [0.1, 0.15) is 38.1 Å². The molecule has 2 heterocycles. The van der Waals surface area contributed by atoms with Gasteiger partial charge in [0.2, 0.25) is 10.0 Å². The standard InChI is InChI=1S/C13H24N4O2S/c1-9(2)17-7-5-12(6-8-17)16-20(18,19)13-10(3)14-15-11(13)4/h9,12,16H,5-8H2,1-4H3,(H,14,15). The lowest BCUT2D eigenvalue weighted by molar-refractivity contribution is 0.168. The topological polar surface area (TPSA) is 78.1 Å². The van der Waals surface area contributed by atoms with Crippen LogP contribution >= 0.6 is 0 Å². The maximum Gasteiger partial charge on any atom is 0.244 e. The first-order valence-electron chi connectivity index (χ1n) is 7.09. The zero-order valence-electron chi connectivity index (χ0n) is 12.6. The molecule has 1 saturated heterocycles. The van der Waals surface area contributed by atoms with E-state index in [1.54, 1.807) is 13.8 Å². The Morgan fingerprint density at radius 2 is 1.90 bits per heavy atom. The van der Waals surface area contributed by atoms with Gasteiger partial charge in [-0.25, -0.2) is 13.1 Å². The average molecular weight is 300 g/mol. The van der Waals surface area contributed by atoms with Gasteiger partial charge in [0.05, 0.1) is 11.4 Å². The van der Waals surface area contributed by atoms with E-state index in [9.17, 15) is 8.42 Å². The third-order valence-corrected chi connectivity index (χ3v) is 5.69. The number of aromatic amines is 1. The lowest BCUT2D eigenvalue weighted by Gasteiger charge is -2.34. The number of hydrogen-bond donors (Lipinski definition) is 2. The summed E-state index contributed by atoms with van der Waals surface area (Å²) in [6.07, 6.45) is 1.71. The lowest BCUT2D eigenvalue weighted by Crippen LogP contribution is -2.46. The van der Waals surface area contributed by atoms with Crippen LogP contribution < -0.4 is 4.72 Å². The molecule has 1 aliphatic rings. The van der Waals surface area contributed by atoms with Gasteiger partial charge in [-0.3, -0.25) is 5.10 Å². The molecule has 0 spiro atoms. The van der Waals surface area contributed by atoms with Crippen LogP contribution in [0, 0.1) is 13.8 Å². The molecular weight excluding hydrogens is 276 g/mol. The Kier molecular flexibility index (Phi) is 4.51. The van der Waals surface area contributed by atoms with Crippen molar-refractivity contribution in [2.75, 3.05) is 13.1 Å². The molecule has 6 nitrogen and oxygen atoms in total. The molecule has 1 aliphatic heterocycles. The second kappa shape index (κ2) is 5.83. The van der Waals surface area contributed by atoms with Gasteiger partial charge in [-0.15, -0.1) is 0 Å². The zero-order valence-corrected chi connectivity index (χ0v) is 13.4. The summed E-state index contributed by atoms with van der Waals surface area (Å²) < 4.78 is 27.7. The molecule has 2 N–H and O–H groups in total. The third-order valence-electron chi connectivity index (χ3n) is 3.91. The Balaban J connectivity index is 2.04. The Morgan fingerprint density at radius 1 is 1.30 bits per heavy atom. The molecule has 2 rings (SSSR count). The van der Waals surface area contributed by atoms with E-state index in [-0.39, 0.29) is 6.04 Å². The van der Waals surface area contributed by atoms with Crippen LogP contribution in [0.2, 0.25) is 0 Å². The molecule has 114 valence electrons. The minimum absolute atomic E-state index is 0.0173. The highest BCUT2D eigenvalue weighted by atomic mass is 32.2. The van der Waals surface area contributed by atoms with Gasteiger partial charge in [-0.1, -0.05) is 0 Å². The van der Waals surface area contributed by atoms with E-state index in [1.807, 2.05) is 0 Å². The molecule has 1 fully saturated rings. The van der Waals surface area contributed by atoms with E-state index in [0.29, 0.717) is 22.3 Å². The molecule has 1 aromatic heterocycles. The summed E-state index contributed by atoms with van der Waals surface area (Å²) in [6.45, 7) is 9.66. The summed E-state index contributed by atoms with van der Waals surface area (Å²) in [4.78, 5) is 2.67. The van der Waals surface area contributed by atoms with Gasteiger partial charge in [-0.05, 0) is 53.6 Å². The van der Waals surface area contributed by atoms with Crippen molar-refractivity contribution in [3.05, 3.63) is 11.4 Å². The minimum atomic E-state index is -3.48. The van der Waals surface area contributed by atoms with Crippen LogP contribution in [0.5, 0.6) is 0 Å². The molecule has 0 radical (unpaired) electrons. The number of H-pyrrole nitrogens is 1. The lowest BCUT2D eigenvalue weighted by atomic mass is 10.1. The first kappa shape index (κ1) is 15.5. The van der Waals surface area contributed by atoms with E-state index in [0.717, 1.165) is 25.9 Å². The molecule has 0 amide bonds. The van der Waals surface area contributed by atoms with Crippen LogP contribution in [0.3, 0.4) is 0 Å². The zero-order chi connectivity index (χ0) is 14.9. The van der Waals surface area contributed by atoms with Crippen LogP contribution in [0.4, 0.5) is 0 Å². The first-order chi connectivity index (χ1) is 9.31.